The quantitative estimate of drug-likeness (QED) is 0.566. The Morgan fingerprint density at radius 1 is 1.28 bits per heavy atom. The fourth-order valence-electron chi connectivity index (χ4n) is 3.22. The van der Waals surface area contributed by atoms with Crippen LogP contribution in [0.2, 0.25) is 0 Å². The normalized spacial score (nSPS) is 20.0. The number of nitrogens with zero attached hydrogens (tertiary/aromatic N) is 3. The number of aliphatic hydroxyl groups is 1. The first-order valence-electron chi connectivity index (χ1n) is 8.17. The van der Waals surface area contributed by atoms with E-state index in [0.717, 1.165) is 24.6 Å². The van der Waals surface area contributed by atoms with Gasteiger partial charge in [0.15, 0.2) is 0 Å². The molecule has 1 fully saturated rings. The van der Waals surface area contributed by atoms with Crippen molar-refractivity contribution in [1.29, 1.82) is 0 Å². The fraction of sp³-hybridized carbons (Fsp3) is 0.294. The molecule has 4 rings (SSSR count). The summed E-state index contributed by atoms with van der Waals surface area (Å²) in [5.74, 6) is 0.644. The Labute approximate surface area is 143 Å². The number of nitrogen functional groups attached to an aromatic ring is 1. The van der Waals surface area contributed by atoms with Crippen molar-refractivity contribution in [2.75, 3.05) is 11.1 Å². The lowest BCUT2D eigenvalue weighted by molar-refractivity contribution is 0.171. The molecule has 5 N–H and O–H groups in total. The zero-order valence-corrected chi connectivity index (χ0v) is 13.4. The third-order valence-corrected chi connectivity index (χ3v) is 4.52. The topological polar surface area (TPSA) is 130 Å². The summed E-state index contributed by atoms with van der Waals surface area (Å²) in [6.07, 6.45) is 6.88. The van der Waals surface area contributed by atoms with Crippen molar-refractivity contribution in [3.05, 3.63) is 41.1 Å². The van der Waals surface area contributed by atoms with Gasteiger partial charge in [-0.2, -0.15) is 0 Å². The van der Waals surface area contributed by atoms with Gasteiger partial charge in [0.25, 0.3) is 5.56 Å². The maximum atomic E-state index is 12.3. The number of hydrogen-bond donors (Lipinski definition) is 4. The van der Waals surface area contributed by atoms with Crippen LogP contribution in [-0.2, 0) is 0 Å². The van der Waals surface area contributed by atoms with Gasteiger partial charge in [0.2, 0.25) is 5.95 Å². The lowest BCUT2D eigenvalue weighted by Crippen LogP contribution is -2.29. The van der Waals surface area contributed by atoms with Crippen LogP contribution in [-0.4, -0.2) is 37.2 Å². The standard InChI is InChI=1S/C17H18N6O2/c18-17-20-7-10(8-21-17)12-6-9-4-5-19-16(25)14(9)15(23-12)22-11-2-1-3-13(11)24/h4-8,11,13,24H,1-3H2,(H,19,25)(H,22,23)(H2,18,20,21)/t11-,13+/m0/s1. The summed E-state index contributed by atoms with van der Waals surface area (Å²) < 4.78 is 0. The average molecular weight is 338 g/mol. The van der Waals surface area contributed by atoms with Crippen LogP contribution >= 0.6 is 0 Å². The maximum Gasteiger partial charge on any atom is 0.259 e. The van der Waals surface area contributed by atoms with Gasteiger partial charge in [0.05, 0.1) is 23.2 Å². The largest absolute Gasteiger partial charge is 0.391 e. The molecular weight excluding hydrogens is 320 g/mol. The predicted molar refractivity (Wildman–Crippen MR) is 95.1 cm³/mol. The van der Waals surface area contributed by atoms with Crippen molar-refractivity contribution in [1.82, 2.24) is 19.9 Å². The molecule has 1 aliphatic rings. The average Bonchev–Trinajstić information content (AvgIpc) is 3.00. The van der Waals surface area contributed by atoms with Gasteiger partial charge in [0.1, 0.15) is 5.82 Å². The molecule has 8 nitrogen and oxygen atoms in total. The van der Waals surface area contributed by atoms with E-state index in [0.29, 0.717) is 22.5 Å². The number of hydrogen-bond acceptors (Lipinski definition) is 7. The number of fused-ring (bicyclic) bond motifs is 1. The van der Waals surface area contributed by atoms with E-state index >= 15 is 0 Å². The van der Waals surface area contributed by atoms with Gasteiger partial charge in [-0.3, -0.25) is 4.79 Å². The molecular formula is C17H18N6O2. The van der Waals surface area contributed by atoms with Gasteiger partial charge in [-0.05, 0) is 36.8 Å². The molecule has 1 saturated carbocycles. The summed E-state index contributed by atoms with van der Waals surface area (Å²) in [5.41, 5.74) is 6.65. The number of H-pyrrole nitrogens is 1. The van der Waals surface area contributed by atoms with E-state index < -0.39 is 6.10 Å². The van der Waals surface area contributed by atoms with Crippen LogP contribution in [0.25, 0.3) is 22.0 Å². The molecule has 2 atom stereocenters. The summed E-state index contributed by atoms with van der Waals surface area (Å²) >= 11 is 0. The van der Waals surface area contributed by atoms with Crippen molar-refractivity contribution < 1.29 is 5.11 Å². The third kappa shape index (κ3) is 2.91. The smallest absolute Gasteiger partial charge is 0.259 e. The Bertz CT molecular complexity index is 969. The number of nitrogens with two attached hydrogens (primary N) is 1. The summed E-state index contributed by atoms with van der Waals surface area (Å²) in [6, 6.07) is 3.51. The van der Waals surface area contributed by atoms with Crippen LogP contribution in [0.15, 0.2) is 35.5 Å². The number of nitrogens with one attached hydrogen (secondary N) is 2. The number of anilines is 2. The highest BCUT2D eigenvalue weighted by molar-refractivity contribution is 5.93. The molecule has 0 bridgehead atoms. The lowest BCUT2D eigenvalue weighted by Gasteiger charge is -2.19. The van der Waals surface area contributed by atoms with Crippen molar-refractivity contribution in [2.24, 2.45) is 0 Å². The van der Waals surface area contributed by atoms with Gasteiger partial charge in [-0.25, -0.2) is 15.0 Å². The Hall–Kier alpha value is -3.00. The lowest BCUT2D eigenvalue weighted by atomic mass is 10.1. The third-order valence-electron chi connectivity index (χ3n) is 4.52. The zero-order valence-electron chi connectivity index (χ0n) is 13.4. The molecule has 8 heteroatoms. The minimum absolute atomic E-state index is 0.117. The van der Waals surface area contributed by atoms with Gasteiger partial charge in [-0.15, -0.1) is 0 Å². The number of aromatic amines is 1. The first kappa shape index (κ1) is 15.5. The first-order chi connectivity index (χ1) is 12.1. The summed E-state index contributed by atoms with van der Waals surface area (Å²) in [5, 5.41) is 14.6. The van der Waals surface area contributed by atoms with Crippen LogP contribution in [0, 0.1) is 0 Å². The summed E-state index contributed by atoms with van der Waals surface area (Å²) in [4.78, 5) is 27.6. The van der Waals surface area contributed by atoms with E-state index in [4.69, 9.17) is 5.73 Å². The SMILES string of the molecule is Nc1ncc(-c2cc3cc[nH]c(=O)c3c(N[C@H]3CCC[C@H]3O)n2)cn1. The first-order valence-corrected chi connectivity index (χ1v) is 8.17. The van der Waals surface area contributed by atoms with E-state index in [2.05, 4.69) is 25.3 Å². The molecule has 0 aliphatic heterocycles. The molecule has 1 aliphatic carbocycles. The van der Waals surface area contributed by atoms with Crippen LogP contribution in [0.3, 0.4) is 0 Å². The summed E-state index contributed by atoms with van der Waals surface area (Å²) in [6.45, 7) is 0. The molecule has 0 unspecified atom stereocenters. The molecule has 0 aromatic carbocycles. The molecule has 3 aromatic rings. The van der Waals surface area contributed by atoms with E-state index in [1.165, 1.54) is 0 Å². The highest BCUT2D eigenvalue weighted by Crippen LogP contribution is 2.28. The second kappa shape index (κ2) is 6.14. The number of pyridine rings is 2. The van der Waals surface area contributed by atoms with E-state index in [1.54, 1.807) is 18.6 Å². The van der Waals surface area contributed by atoms with Crippen LogP contribution in [0.1, 0.15) is 19.3 Å². The van der Waals surface area contributed by atoms with Gasteiger partial charge in [-0.1, -0.05) is 0 Å². The number of rotatable bonds is 3. The fourth-order valence-corrected chi connectivity index (χ4v) is 3.22. The molecule has 0 radical (unpaired) electrons. The highest BCUT2D eigenvalue weighted by atomic mass is 16.3. The Morgan fingerprint density at radius 3 is 2.80 bits per heavy atom. The van der Waals surface area contributed by atoms with E-state index in [1.807, 2.05) is 12.1 Å². The van der Waals surface area contributed by atoms with Gasteiger partial charge >= 0.3 is 0 Å². The monoisotopic (exact) mass is 338 g/mol. The summed E-state index contributed by atoms with van der Waals surface area (Å²) in [7, 11) is 0. The van der Waals surface area contributed by atoms with Crippen molar-refractivity contribution in [3.63, 3.8) is 0 Å². The molecule has 0 spiro atoms. The van der Waals surface area contributed by atoms with Crippen molar-refractivity contribution in [2.45, 2.75) is 31.4 Å². The van der Waals surface area contributed by atoms with Crippen molar-refractivity contribution >= 4 is 22.5 Å². The molecule has 128 valence electrons. The molecule has 3 aromatic heterocycles. The maximum absolute atomic E-state index is 12.3. The minimum Gasteiger partial charge on any atom is -0.391 e. The van der Waals surface area contributed by atoms with Gasteiger partial charge in [0, 0.05) is 24.2 Å². The van der Waals surface area contributed by atoms with E-state index in [-0.39, 0.29) is 17.5 Å². The predicted octanol–water partition coefficient (Wildman–Crippen LogP) is 1.29. The van der Waals surface area contributed by atoms with Crippen molar-refractivity contribution in [3.8, 4) is 11.3 Å². The van der Waals surface area contributed by atoms with E-state index in [9.17, 15) is 9.90 Å². The number of aromatic nitrogens is 4. The molecule has 25 heavy (non-hydrogen) atoms. The molecule has 0 amide bonds. The van der Waals surface area contributed by atoms with Crippen LogP contribution in [0.5, 0.6) is 0 Å². The second-order valence-electron chi connectivity index (χ2n) is 6.21. The second-order valence-corrected chi connectivity index (χ2v) is 6.21. The molecule has 3 heterocycles. The number of aliphatic hydroxyl groups excluding tert-OH is 1. The zero-order chi connectivity index (χ0) is 17.4. The Morgan fingerprint density at radius 2 is 2.08 bits per heavy atom. The highest BCUT2D eigenvalue weighted by Gasteiger charge is 2.26. The van der Waals surface area contributed by atoms with Crippen LogP contribution in [0.4, 0.5) is 11.8 Å². The Balaban J connectivity index is 1.86. The van der Waals surface area contributed by atoms with Gasteiger partial charge < -0.3 is 21.1 Å². The minimum atomic E-state index is -0.442. The van der Waals surface area contributed by atoms with Crippen LogP contribution < -0.4 is 16.6 Å². The molecule has 0 saturated heterocycles. The Kier molecular flexibility index (Phi) is 3.81.